The molecule has 2 fully saturated rings. The molecule has 1 aliphatic carbocycles. The SMILES string of the molecule is CCC12C=CCN3CCC(=O)c4ccccc4N(C(=O)C31)C(c1cc3c(cc1OC)NC1=C(C(=O)OC)CC4(CC)C=CCN5CCC13C54)C2. The molecule has 9 rings (SSSR count). The maximum Gasteiger partial charge on any atom is 0.335 e. The number of carbonyl (C=O) groups is 3. The van der Waals surface area contributed by atoms with Crippen LogP contribution in [0, 0.1) is 10.8 Å². The summed E-state index contributed by atoms with van der Waals surface area (Å²) >= 11 is 0. The molecule has 50 heavy (non-hydrogen) atoms. The highest BCUT2D eigenvalue weighted by atomic mass is 16.5. The number of ether oxygens (including phenoxy) is 2. The summed E-state index contributed by atoms with van der Waals surface area (Å²) in [5.74, 6) is 0.500. The van der Waals surface area contributed by atoms with Gasteiger partial charge in [-0.25, -0.2) is 4.79 Å². The van der Waals surface area contributed by atoms with Gasteiger partial charge in [0.15, 0.2) is 5.78 Å². The number of hydrogen-bond acceptors (Lipinski definition) is 8. The zero-order valence-electron chi connectivity index (χ0n) is 29.5. The van der Waals surface area contributed by atoms with Crippen molar-refractivity contribution in [3.8, 4) is 5.75 Å². The Morgan fingerprint density at radius 1 is 0.980 bits per heavy atom. The van der Waals surface area contributed by atoms with Crippen LogP contribution in [0.4, 0.5) is 11.4 Å². The van der Waals surface area contributed by atoms with Crippen LogP contribution in [-0.4, -0.2) is 79.9 Å². The maximum atomic E-state index is 15.2. The van der Waals surface area contributed by atoms with Gasteiger partial charge in [0.1, 0.15) is 5.75 Å². The topological polar surface area (TPSA) is 91.4 Å². The molecule has 260 valence electrons. The average molecular weight is 675 g/mol. The van der Waals surface area contributed by atoms with E-state index in [1.807, 2.05) is 29.2 Å². The van der Waals surface area contributed by atoms with Crippen LogP contribution >= 0.6 is 0 Å². The lowest BCUT2D eigenvalue weighted by Crippen LogP contribution is -2.63. The molecule has 2 aromatic carbocycles. The van der Waals surface area contributed by atoms with Gasteiger partial charge in [-0.05, 0) is 55.9 Å². The Balaban J connectivity index is 1.29. The van der Waals surface area contributed by atoms with Gasteiger partial charge in [-0.2, -0.15) is 0 Å². The Morgan fingerprint density at radius 3 is 2.50 bits per heavy atom. The van der Waals surface area contributed by atoms with Crippen molar-refractivity contribution in [2.45, 2.75) is 75.9 Å². The summed E-state index contributed by atoms with van der Waals surface area (Å²) in [6, 6.07) is 11.4. The second kappa shape index (κ2) is 11.1. The number of anilines is 2. The van der Waals surface area contributed by atoms with Crippen molar-refractivity contribution in [1.82, 2.24) is 9.80 Å². The van der Waals surface area contributed by atoms with E-state index < -0.39 is 10.8 Å². The zero-order chi connectivity index (χ0) is 34.6. The second-order valence-electron chi connectivity index (χ2n) is 15.4. The number of esters is 1. The number of hydrogen-bond donors (Lipinski definition) is 1. The fourth-order valence-corrected chi connectivity index (χ4v) is 11.4. The Morgan fingerprint density at radius 2 is 1.74 bits per heavy atom. The number of piperidine rings is 1. The molecule has 2 saturated heterocycles. The lowest BCUT2D eigenvalue weighted by atomic mass is 9.55. The number of nitrogens with zero attached hydrogens (tertiary/aromatic N) is 3. The fraction of sp³-hybridized carbons (Fsp3) is 0.488. The van der Waals surface area contributed by atoms with Crippen LogP contribution in [0.25, 0.3) is 0 Å². The monoisotopic (exact) mass is 674 g/mol. The van der Waals surface area contributed by atoms with Gasteiger partial charge in [-0.1, -0.05) is 50.3 Å². The first-order valence-electron chi connectivity index (χ1n) is 18.4. The van der Waals surface area contributed by atoms with Crippen molar-refractivity contribution in [1.29, 1.82) is 0 Å². The molecular weight excluding hydrogens is 628 g/mol. The van der Waals surface area contributed by atoms with Crippen molar-refractivity contribution in [3.63, 3.8) is 0 Å². The molecule has 1 N–H and O–H groups in total. The van der Waals surface area contributed by atoms with Crippen molar-refractivity contribution in [2.24, 2.45) is 10.8 Å². The van der Waals surface area contributed by atoms with Gasteiger partial charge < -0.3 is 19.7 Å². The number of para-hydroxylation sites is 1. The molecule has 0 saturated carbocycles. The number of amides is 1. The van der Waals surface area contributed by atoms with E-state index >= 15 is 4.79 Å². The van der Waals surface area contributed by atoms with Crippen molar-refractivity contribution in [3.05, 3.63) is 88.7 Å². The minimum atomic E-state index is -0.453. The van der Waals surface area contributed by atoms with E-state index in [-0.39, 0.29) is 41.2 Å². The molecule has 6 unspecified atom stereocenters. The van der Waals surface area contributed by atoms with Gasteiger partial charge in [-0.15, -0.1) is 0 Å². The molecule has 2 aromatic rings. The standard InChI is InChI=1S/C41H46N4O5/c1-5-39-14-9-17-43-19-13-32(46)25-11-7-8-12-30(25)45(36(47)35(39)43)31(24-39)26-21-28-29(22-33(26)49-3)42-34-27(37(48)50-4)23-40(6-2)15-10-18-44-20-16-41(28,34)38(40)44/h7-12,14-15,21-22,31,35,38,42H,5-6,13,16-20,23-24H2,1-4H3. The lowest BCUT2D eigenvalue weighted by Gasteiger charge is -2.54. The molecule has 6 heterocycles. The van der Waals surface area contributed by atoms with Crippen LogP contribution in [0.1, 0.15) is 79.9 Å². The molecule has 1 amide bonds. The Hall–Kier alpha value is -4.21. The van der Waals surface area contributed by atoms with Crippen molar-refractivity contribution >= 4 is 29.0 Å². The first kappa shape index (κ1) is 31.7. The molecule has 0 aromatic heterocycles. The first-order chi connectivity index (χ1) is 24.3. The first-order valence-corrected chi connectivity index (χ1v) is 18.4. The Labute approximate surface area is 294 Å². The minimum absolute atomic E-state index is 0.0362. The summed E-state index contributed by atoms with van der Waals surface area (Å²) < 4.78 is 11.7. The van der Waals surface area contributed by atoms with Crippen LogP contribution in [0.5, 0.6) is 5.75 Å². The smallest absolute Gasteiger partial charge is 0.335 e. The zero-order valence-corrected chi connectivity index (χ0v) is 29.5. The molecule has 2 bridgehead atoms. The Bertz CT molecular complexity index is 1930. The molecule has 6 atom stereocenters. The molecule has 9 heteroatoms. The lowest BCUT2D eigenvalue weighted by molar-refractivity contribution is -0.137. The number of nitrogens with one attached hydrogen (secondary N) is 1. The number of ketones is 1. The quantitative estimate of drug-likeness (QED) is 0.309. The average Bonchev–Trinajstić information content (AvgIpc) is 3.71. The number of fused-ring (bicyclic) bond motifs is 4. The predicted molar refractivity (Wildman–Crippen MR) is 191 cm³/mol. The number of benzene rings is 2. The van der Waals surface area contributed by atoms with Crippen molar-refractivity contribution < 1.29 is 23.9 Å². The number of methoxy groups -OCH3 is 2. The van der Waals surface area contributed by atoms with Gasteiger partial charge in [0.05, 0.1) is 43.0 Å². The van der Waals surface area contributed by atoms with E-state index in [9.17, 15) is 9.59 Å². The fourth-order valence-electron chi connectivity index (χ4n) is 11.4. The van der Waals surface area contributed by atoms with Gasteiger partial charge in [0.2, 0.25) is 5.91 Å². The van der Waals surface area contributed by atoms with Gasteiger partial charge in [0, 0.05) is 78.0 Å². The van der Waals surface area contributed by atoms with E-state index in [0.29, 0.717) is 49.4 Å². The van der Waals surface area contributed by atoms with Crippen LogP contribution in [0.15, 0.2) is 72.0 Å². The third kappa shape index (κ3) is 3.99. The molecule has 9 nitrogen and oxygen atoms in total. The summed E-state index contributed by atoms with van der Waals surface area (Å²) in [5.41, 5.74) is 4.91. The van der Waals surface area contributed by atoms with E-state index in [2.05, 4.69) is 65.4 Å². The largest absolute Gasteiger partial charge is 0.496 e. The molecule has 6 aliphatic heterocycles. The summed E-state index contributed by atoms with van der Waals surface area (Å²) in [4.78, 5) is 49.4. The van der Waals surface area contributed by atoms with Gasteiger partial charge in [0.25, 0.3) is 0 Å². The highest BCUT2D eigenvalue weighted by molar-refractivity contribution is 6.08. The van der Waals surface area contributed by atoms with Crippen LogP contribution in [0.3, 0.4) is 0 Å². The van der Waals surface area contributed by atoms with Crippen molar-refractivity contribution in [2.75, 3.05) is 50.6 Å². The highest BCUT2D eigenvalue weighted by Crippen LogP contribution is 2.65. The van der Waals surface area contributed by atoms with Crippen LogP contribution in [-0.2, 0) is 19.7 Å². The summed E-state index contributed by atoms with van der Waals surface area (Å²) in [7, 11) is 3.16. The normalized spacial score (nSPS) is 33.8. The summed E-state index contributed by atoms with van der Waals surface area (Å²) in [5, 5.41) is 3.76. The minimum Gasteiger partial charge on any atom is -0.496 e. The van der Waals surface area contributed by atoms with Crippen LogP contribution < -0.4 is 15.0 Å². The van der Waals surface area contributed by atoms with Gasteiger partial charge >= 0.3 is 5.97 Å². The third-order valence-corrected chi connectivity index (χ3v) is 13.6. The second-order valence-corrected chi connectivity index (χ2v) is 15.4. The van der Waals surface area contributed by atoms with Crippen LogP contribution in [0.2, 0.25) is 0 Å². The van der Waals surface area contributed by atoms with E-state index in [0.717, 1.165) is 60.4 Å². The molecule has 1 spiro atoms. The van der Waals surface area contributed by atoms with E-state index in [1.54, 1.807) is 7.11 Å². The Kier molecular flexibility index (Phi) is 7.08. The summed E-state index contributed by atoms with van der Waals surface area (Å²) in [6.45, 7) is 7.42. The molecule has 0 radical (unpaired) electrons. The number of carbonyl (C=O) groups excluding carboxylic acids is 3. The molecular formula is C41H46N4O5. The predicted octanol–water partition coefficient (Wildman–Crippen LogP) is 5.93. The summed E-state index contributed by atoms with van der Waals surface area (Å²) in [6.07, 6.45) is 13.4. The maximum absolute atomic E-state index is 15.2. The van der Waals surface area contributed by atoms with Gasteiger partial charge in [-0.3, -0.25) is 19.4 Å². The third-order valence-electron chi connectivity index (χ3n) is 13.6. The van der Waals surface area contributed by atoms with E-state index in [1.165, 1.54) is 7.11 Å². The molecule has 7 aliphatic rings. The number of rotatable bonds is 5. The highest BCUT2D eigenvalue weighted by Gasteiger charge is 2.66. The number of Topliss-reactive ketones (excluding diaryl/α,β-unsaturated/α-hetero) is 1. The van der Waals surface area contributed by atoms with E-state index in [4.69, 9.17) is 9.47 Å².